The maximum Gasteiger partial charge on any atom is 0.339 e. The number of ether oxygens (including phenoxy) is 1. The van der Waals surface area contributed by atoms with Crippen molar-refractivity contribution in [3.63, 3.8) is 0 Å². The lowest BCUT2D eigenvalue weighted by Gasteiger charge is -2.34. The highest BCUT2D eigenvalue weighted by Gasteiger charge is 2.49. The molecule has 10 heteroatoms. The SMILES string of the molecule is CCCCCCCC(=O)CCCCCCC=C[C@H](C(=O)N[C@@H](Cc1ccc(O)cc1)c1ncc(C)o1)[C@@](O)(CCO)C(=O)OC(C)(C)C. The van der Waals surface area contributed by atoms with Gasteiger partial charge < -0.3 is 29.8 Å². The largest absolute Gasteiger partial charge is 0.508 e. The van der Waals surface area contributed by atoms with Crippen molar-refractivity contribution in [3.8, 4) is 5.75 Å². The zero-order chi connectivity index (χ0) is 35.6. The van der Waals surface area contributed by atoms with E-state index in [-0.39, 0.29) is 18.1 Å². The molecule has 1 aromatic carbocycles. The maximum atomic E-state index is 14.0. The Bertz CT molecular complexity index is 1280. The van der Waals surface area contributed by atoms with Gasteiger partial charge in [-0.2, -0.15) is 0 Å². The Labute approximate surface area is 286 Å². The van der Waals surface area contributed by atoms with Gasteiger partial charge >= 0.3 is 5.97 Å². The van der Waals surface area contributed by atoms with Crippen LogP contribution in [0, 0.1) is 12.8 Å². The fourth-order valence-corrected chi connectivity index (χ4v) is 5.47. The van der Waals surface area contributed by atoms with E-state index in [0.29, 0.717) is 30.8 Å². The minimum atomic E-state index is -2.35. The van der Waals surface area contributed by atoms with E-state index in [1.807, 2.05) is 0 Å². The summed E-state index contributed by atoms with van der Waals surface area (Å²) in [6, 6.07) is 5.75. The number of esters is 1. The Morgan fingerprint density at radius 3 is 2.17 bits per heavy atom. The number of benzene rings is 1. The van der Waals surface area contributed by atoms with Crippen molar-refractivity contribution < 1.29 is 38.9 Å². The number of aliphatic hydroxyl groups is 2. The van der Waals surface area contributed by atoms with Crippen LogP contribution in [-0.2, 0) is 25.5 Å². The number of allylic oxidation sites excluding steroid dienone is 1. The van der Waals surface area contributed by atoms with E-state index in [4.69, 9.17) is 9.15 Å². The monoisotopic (exact) mass is 670 g/mol. The molecule has 268 valence electrons. The van der Waals surface area contributed by atoms with E-state index in [1.54, 1.807) is 45.9 Å². The molecule has 10 nitrogen and oxygen atoms in total. The van der Waals surface area contributed by atoms with Gasteiger partial charge in [0.2, 0.25) is 11.8 Å². The molecule has 0 aliphatic carbocycles. The molecule has 4 N–H and O–H groups in total. The van der Waals surface area contributed by atoms with Gasteiger partial charge in [0.05, 0.1) is 12.1 Å². The van der Waals surface area contributed by atoms with E-state index < -0.39 is 48.1 Å². The first-order chi connectivity index (χ1) is 22.8. The van der Waals surface area contributed by atoms with Crippen LogP contribution >= 0.6 is 0 Å². The number of hydrogen-bond acceptors (Lipinski definition) is 9. The number of amides is 1. The number of aryl methyl sites for hydroxylation is 1. The summed E-state index contributed by atoms with van der Waals surface area (Å²) < 4.78 is 11.3. The minimum absolute atomic E-state index is 0.101. The Balaban J connectivity index is 2.15. The number of nitrogens with one attached hydrogen (secondary N) is 1. The fraction of sp³-hybridized carbons (Fsp3) is 0.632. The number of aromatic hydroxyl groups is 1. The van der Waals surface area contributed by atoms with Crippen LogP contribution in [0.4, 0.5) is 0 Å². The van der Waals surface area contributed by atoms with Crippen molar-refractivity contribution in [1.82, 2.24) is 10.3 Å². The smallest absolute Gasteiger partial charge is 0.339 e. The van der Waals surface area contributed by atoms with Gasteiger partial charge in [0.1, 0.15) is 28.9 Å². The summed E-state index contributed by atoms with van der Waals surface area (Å²) in [5, 5.41) is 34.3. The first-order valence-corrected chi connectivity index (χ1v) is 17.5. The van der Waals surface area contributed by atoms with Crippen molar-refractivity contribution >= 4 is 17.7 Å². The van der Waals surface area contributed by atoms with Crippen molar-refractivity contribution in [3.05, 3.63) is 59.8 Å². The summed E-state index contributed by atoms with van der Waals surface area (Å²) in [7, 11) is 0. The van der Waals surface area contributed by atoms with Crippen molar-refractivity contribution in [2.45, 2.75) is 142 Å². The predicted octanol–water partition coefficient (Wildman–Crippen LogP) is 6.99. The number of carbonyl (C=O) groups is 3. The number of ketones is 1. The van der Waals surface area contributed by atoms with Crippen molar-refractivity contribution in [1.29, 1.82) is 0 Å². The van der Waals surface area contributed by atoms with E-state index >= 15 is 0 Å². The van der Waals surface area contributed by atoms with Gasteiger partial charge in [-0.1, -0.05) is 69.7 Å². The number of carbonyl (C=O) groups excluding carboxylic acids is 3. The Kier molecular flexibility index (Phi) is 17.6. The number of rotatable bonds is 23. The van der Waals surface area contributed by atoms with E-state index in [9.17, 15) is 29.7 Å². The minimum Gasteiger partial charge on any atom is -0.508 e. The summed E-state index contributed by atoms with van der Waals surface area (Å²) in [4.78, 5) is 43.9. The van der Waals surface area contributed by atoms with Crippen LogP contribution in [0.25, 0.3) is 0 Å². The molecule has 0 saturated heterocycles. The number of aliphatic hydroxyl groups excluding tert-OH is 1. The summed E-state index contributed by atoms with van der Waals surface area (Å²) in [5.74, 6) is -1.85. The second kappa shape index (κ2) is 20.8. The average Bonchev–Trinajstić information content (AvgIpc) is 3.46. The quantitative estimate of drug-likeness (QED) is 0.0555. The van der Waals surface area contributed by atoms with Crippen LogP contribution in [0.3, 0.4) is 0 Å². The summed E-state index contributed by atoms with van der Waals surface area (Å²) in [6.45, 7) is 8.34. The van der Waals surface area contributed by atoms with Gasteiger partial charge in [-0.25, -0.2) is 9.78 Å². The lowest BCUT2D eigenvalue weighted by atomic mass is 9.82. The molecular formula is C38H58N2O8. The number of hydrogen-bond donors (Lipinski definition) is 4. The van der Waals surface area contributed by atoms with Gasteiger partial charge in [0.15, 0.2) is 5.60 Å². The Morgan fingerprint density at radius 2 is 1.60 bits per heavy atom. The molecule has 48 heavy (non-hydrogen) atoms. The van der Waals surface area contributed by atoms with E-state index in [0.717, 1.165) is 44.1 Å². The lowest BCUT2D eigenvalue weighted by molar-refractivity contribution is -0.185. The molecule has 0 bridgehead atoms. The van der Waals surface area contributed by atoms with Crippen LogP contribution in [-0.4, -0.2) is 55.8 Å². The Morgan fingerprint density at radius 1 is 0.979 bits per heavy atom. The standard InChI is InChI=1S/C38H58N2O8/c1-6-7-8-11-14-17-30(42)18-15-12-9-10-13-16-19-32(38(46,24-25-41)36(45)48-37(3,4)5)34(44)40-33(35-39-27-28(2)47-35)26-29-20-22-31(43)23-21-29/h16,19-23,27,32-33,41,43,46H,6-15,17-18,24-26H2,1-5H3,(H,40,44)/t32-,33+,38+/m1/s1. The molecule has 1 heterocycles. The molecule has 0 spiro atoms. The second-order valence-corrected chi connectivity index (χ2v) is 13.7. The molecule has 0 radical (unpaired) electrons. The number of aromatic nitrogens is 1. The van der Waals surface area contributed by atoms with E-state index in [1.165, 1.54) is 43.7 Å². The van der Waals surface area contributed by atoms with Crippen molar-refractivity contribution in [2.75, 3.05) is 6.61 Å². The maximum absolute atomic E-state index is 14.0. The Hall–Kier alpha value is -3.50. The third-order valence-corrected chi connectivity index (χ3v) is 8.14. The lowest BCUT2D eigenvalue weighted by Crippen LogP contribution is -2.54. The number of nitrogens with zero attached hydrogens (tertiary/aromatic N) is 1. The zero-order valence-electron chi connectivity index (χ0n) is 29.6. The third-order valence-electron chi connectivity index (χ3n) is 8.14. The predicted molar refractivity (Wildman–Crippen MR) is 185 cm³/mol. The fourth-order valence-electron chi connectivity index (χ4n) is 5.47. The summed E-state index contributed by atoms with van der Waals surface area (Å²) in [5.41, 5.74) is -2.51. The highest BCUT2D eigenvalue weighted by Crippen LogP contribution is 2.30. The normalized spacial score (nSPS) is 14.4. The van der Waals surface area contributed by atoms with Gasteiger partial charge in [0, 0.05) is 32.3 Å². The number of Topliss-reactive ketones (excluding diaryl/α,β-unsaturated/α-hetero) is 1. The molecule has 3 atom stereocenters. The third kappa shape index (κ3) is 14.7. The summed E-state index contributed by atoms with van der Waals surface area (Å²) >= 11 is 0. The number of phenols is 1. The first kappa shape index (κ1) is 40.7. The van der Waals surface area contributed by atoms with Crippen LogP contribution in [0.5, 0.6) is 5.75 Å². The molecule has 0 unspecified atom stereocenters. The van der Waals surface area contributed by atoms with Gasteiger partial charge in [-0.15, -0.1) is 0 Å². The molecule has 0 aliphatic heterocycles. The average molecular weight is 671 g/mol. The molecule has 1 amide bonds. The number of oxazole rings is 1. The molecule has 2 rings (SSSR count). The topological polar surface area (TPSA) is 159 Å². The van der Waals surface area contributed by atoms with Gasteiger partial charge in [-0.05, 0) is 71.1 Å². The van der Waals surface area contributed by atoms with Gasteiger partial charge in [-0.3, -0.25) is 9.59 Å². The summed E-state index contributed by atoms with van der Waals surface area (Å²) in [6.07, 6.45) is 15.7. The number of phenolic OH excluding ortho intramolecular Hbond substituents is 1. The molecule has 2 aromatic rings. The molecule has 0 fully saturated rings. The van der Waals surface area contributed by atoms with Gasteiger partial charge in [0.25, 0.3) is 0 Å². The molecule has 0 aliphatic rings. The first-order valence-electron chi connectivity index (χ1n) is 17.5. The highest BCUT2D eigenvalue weighted by molar-refractivity contribution is 5.91. The molecular weight excluding hydrogens is 612 g/mol. The van der Waals surface area contributed by atoms with Crippen molar-refractivity contribution in [2.24, 2.45) is 5.92 Å². The second-order valence-electron chi connectivity index (χ2n) is 13.7. The van der Waals surface area contributed by atoms with Crippen LogP contribution < -0.4 is 5.32 Å². The van der Waals surface area contributed by atoms with Crippen LogP contribution in [0.1, 0.15) is 134 Å². The highest BCUT2D eigenvalue weighted by atomic mass is 16.6. The van der Waals surface area contributed by atoms with Crippen LogP contribution in [0.15, 0.2) is 47.0 Å². The molecule has 0 saturated carbocycles. The number of unbranched alkanes of at least 4 members (excludes halogenated alkanes) is 8. The molecule has 1 aromatic heterocycles. The zero-order valence-corrected chi connectivity index (χ0v) is 29.6. The van der Waals surface area contributed by atoms with E-state index in [2.05, 4.69) is 17.2 Å². The van der Waals surface area contributed by atoms with Crippen LogP contribution in [0.2, 0.25) is 0 Å².